The third-order valence-electron chi connectivity index (χ3n) is 3.54. The van der Waals surface area contributed by atoms with Gasteiger partial charge in [0.1, 0.15) is 0 Å². The first-order valence-corrected chi connectivity index (χ1v) is 7.53. The van der Waals surface area contributed by atoms with Crippen molar-refractivity contribution in [2.45, 2.75) is 26.3 Å². The fraction of sp³-hybridized carbons (Fsp3) is 0.333. The smallest absolute Gasteiger partial charge is 0.365 e. The standard InChI is InChI=1S/C15H16N2O2S/c1-10-4-5-13-11(7-10)3-2-6-17(13)8-12-9-20-14(16-12)15(18)19/h4-5,7,9H,2-3,6,8H2,1H3,(H,18,19). The molecule has 0 saturated carbocycles. The van der Waals surface area contributed by atoms with Crippen LogP contribution in [0.1, 0.15) is 33.0 Å². The van der Waals surface area contributed by atoms with Crippen molar-refractivity contribution in [3.05, 3.63) is 45.4 Å². The van der Waals surface area contributed by atoms with Gasteiger partial charge in [-0.15, -0.1) is 11.3 Å². The van der Waals surface area contributed by atoms with Gasteiger partial charge in [0, 0.05) is 17.6 Å². The summed E-state index contributed by atoms with van der Waals surface area (Å²) in [4.78, 5) is 17.3. The Bertz CT molecular complexity index is 651. The number of hydrogen-bond acceptors (Lipinski definition) is 4. The number of anilines is 1. The normalized spacial score (nSPS) is 14.2. The molecule has 2 aromatic rings. The number of carboxylic acids is 1. The number of fused-ring (bicyclic) bond motifs is 1. The van der Waals surface area contributed by atoms with Crippen molar-refractivity contribution in [1.82, 2.24) is 4.98 Å². The molecule has 0 fully saturated rings. The number of aromatic carboxylic acids is 1. The van der Waals surface area contributed by atoms with Crippen LogP contribution in [0.5, 0.6) is 0 Å². The van der Waals surface area contributed by atoms with E-state index < -0.39 is 5.97 Å². The van der Waals surface area contributed by atoms with Crippen molar-refractivity contribution in [2.24, 2.45) is 0 Å². The number of aryl methyl sites for hydroxylation is 2. The topological polar surface area (TPSA) is 53.4 Å². The van der Waals surface area contributed by atoms with Gasteiger partial charge in [0.05, 0.1) is 12.2 Å². The van der Waals surface area contributed by atoms with Crippen LogP contribution in [0.25, 0.3) is 0 Å². The summed E-state index contributed by atoms with van der Waals surface area (Å²) in [5, 5.41) is 10.9. The minimum absolute atomic E-state index is 0.168. The van der Waals surface area contributed by atoms with Gasteiger partial charge < -0.3 is 10.0 Å². The van der Waals surface area contributed by atoms with Crippen molar-refractivity contribution >= 4 is 23.0 Å². The number of aromatic nitrogens is 1. The average molecular weight is 288 g/mol. The average Bonchev–Trinajstić information content (AvgIpc) is 2.87. The lowest BCUT2D eigenvalue weighted by Gasteiger charge is -2.31. The minimum Gasteiger partial charge on any atom is -0.476 e. The van der Waals surface area contributed by atoms with E-state index in [0.29, 0.717) is 6.54 Å². The molecule has 0 bridgehead atoms. The van der Waals surface area contributed by atoms with Crippen LogP contribution in [0.2, 0.25) is 0 Å². The van der Waals surface area contributed by atoms with Crippen LogP contribution in [-0.2, 0) is 13.0 Å². The number of carbonyl (C=O) groups is 1. The second-order valence-electron chi connectivity index (χ2n) is 5.11. The van der Waals surface area contributed by atoms with Crippen LogP contribution in [0, 0.1) is 6.92 Å². The highest BCUT2D eigenvalue weighted by atomic mass is 32.1. The molecule has 0 saturated heterocycles. The van der Waals surface area contributed by atoms with E-state index in [-0.39, 0.29) is 5.01 Å². The molecular weight excluding hydrogens is 272 g/mol. The Hall–Kier alpha value is -1.88. The van der Waals surface area contributed by atoms with Crippen molar-refractivity contribution in [2.75, 3.05) is 11.4 Å². The Balaban J connectivity index is 1.83. The van der Waals surface area contributed by atoms with Crippen LogP contribution >= 0.6 is 11.3 Å². The number of nitrogens with zero attached hydrogens (tertiary/aromatic N) is 2. The molecule has 1 N–H and O–H groups in total. The first kappa shape index (κ1) is 13.1. The summed E-state index contributed by atoms with van der Waals surface area (Å²) < 4.78 is 0. The lowest BCUT2D eigenvalue weighted by molar-refractivity contribution is 0.0696. The largest absolute Gasteiger partial charge is 0.476 e. The van der Waals surface area contributed by atoms with Crippen LogP contribution < -0.4 is 4.90 Å². The SMILES string of the molecule is Cc1ccc2c(c1)CCCN2Cc1csc(C(=O)O)n1. The zero-order valence-electron chi connectivity index (χ0n) is 11.3. The molecule has 104 valence electrons. The summed E-state index contributed by atoms with van der Waals surface area (Å²) in [6.45, 7) is 3.79. The number of thiazole rings is 1. The molecule has 5 heteroatoms. The second kappa shape index (κ2) is 5.25. The monoisotopic (exact) mass is 288 g/mol. The first-order chi connectivity index (χ1) is 9.63. The van der Waals surface area contributed by atoms with Crippen LogP contribution in [-0.4, -0.2) is 22.6 Å². The van der Waals surface area contributed by atoms with Gasteiger partial charge in [-0.25, -0.2) is 9.78 Å². The molecule has 0 unspecified atom stereocenters. The minimum atomic E-state index is -0.948. The third-order valence-corrected chi connectivity index (χ3v) is 4.42. The molecule has 0 spiro atoms. The van der Waals surface area contributed by atoms with E-state index in [9.17, 15) is 4.79 Å². The summed E-state index contributed by atoms with van der Waals surface area (Å²) in [7, 11) is 0. The van der Waals surface area contributed by atoms with E-state index in [1.165, 1.54) is 28.2 Å². The number of carboxylic acid groups (broad SMARTS) is 1. The van der Waals surface area contributed by atoms with Crippen LogP contribution in [0.4, 0.5) is 5.69 Å². The molecule has 20 heavy (non-hydrogen) atoms. The van der Waals surface area contributed by atoms with E-state index in [4.69, 9.17) is 5.11 Å². The molecule has 1 aliphatic heterocycles. The molecule has 2 heterocycles. The highest BCUT2D eigenvalue weighted by Gasteiger charge is 2.18. The maximum atomic E-state index is 10.9. The van der Waals surface area contributed by atoms with Crippen LogP contribution in [0.15, 0.2) is 23.6 Å². The zero-order chi connectivity index (χ0) is 14.1. The number of rotatable bonds is 3. The molecular formula is C15H16N2O2S. The van der Waals surface area contributed by atoms with Crippen molar-refractivity contribution in [3.63, 3.8) is 0 Å². The van der Waals surface area contributed by atoms with Crippen LogP contribution in [0.3, 0.4) is 0 Å². The molecule has 1 aliphatic rings. The third kappa shape index (κ3) is 2.54. The Kier molecular flexibility index (Phi) is 3.44. The summed E-state index contributed by atoms with van der Waals surface area (Å²) in [6, 6.07) is 6.53. The Labute approximate surface area is 121 Å². The Morgan fingerprint density at radius 3 is 3.10 bits per heavy atom. The van der Waals surface area contributed by atoms with Crippen molar-refractivity contribution in [1.29, 1.82) is 0 Å². The maximum Gasteiger partial charge on any atom is 0.365 e. The summed E-state index contributed by atoms with van der Waals surface area (Å²) in [5.41, 5.74) is 4.75. The summed E-state index contributed by atoms with van der Waals surface area (Å²) in [6.07, 6.45) is 2.25. The number of benzene rings is 1. The molecule has 0 aliphatic carbocycles. The van der Waals surface area contributed by atoms with Gasteiger partial charge >= 0.3 is 5.97 Å². The van der Waals surface area contributed by atoms with E-state index in [1.54, 1.807) is 0 Å². The van der Waals surface area contributed by atoms with Gasteiger partial charge in [-0.3, -0.25) is 0 Å². The lowest BCUT2D eigenvalue weighted by Crippen LogP contribution is -2.29. The quantitative estimate of drug-likeness (QED) is 0.943. The Morgan fingerprint density at radius 2 is 2.35 bits per heavy atom. The molecule has 3 rings (SSSR count). The predicted molar refractivity (Wildman–Crippen MR) is 79.6 cm³/mol. The summed E-state index contributed by atoms with van der Waals surface area (Å²) in [5.74, 6) is -0.948. The van der Waals surface area contributed by atoms with Gasteiger partial charge in [-0.05, 0) is 31.4 Å². The number of hydrogen-bond donors (Lipinski definition) is 1. The van der Waals surface area contributed by atoms with E-state index in [1.807, 2.05) is 5.38 Å². The first-order valence-electron chi connectivity index (χ1n) is 6.65. The van der Waals surface area contributed by atoms with Crippen molar-refractivity contribution < 1.29 is 9.90 Å². The van der Waals surface area contributed by atoms with Gasteiger partial charge in [-0.2, -0.15) is 0 Å². The maximum absolute atomic E-state index is 10.9. The van der Waals surface area contributed by atoms with E-state index in [2.05, 4.69) is 35.0 Å². The molecule has 0 radical (unpaired) electrons. The van der Waals surface area contributed by atoms with Crippen molar-refractivity contribution in [3.8, 4) is 0 Å². The fourth-order valence-corrected chi connectivity index (χ4v) is 3.29. The summed E-state index contributed by atoms with van der Waals surface area (Å²) >= 11 is 1.19. The van der Waals surface area contributed by atoms with Gasteiger partial charge in [0.15, 0.2) is 0 Å². The fourth-order valence-electron chi connectivity index (χ4n) is 2.64. The van der Waals surface area contributed by atoms with E-state index in [0.717, 1.165) is 25.1 Å². The molecule has 0 amide bonds. The molecule has 1 aromatic heterocycles. The highest BCUT2D eigenvalue weighted by Crippen LogP contribution is 2.29. The van der Waals surface area contributed by atoms with Gasteiger partial charge in [0.2, 0.25) is 5.01 Å². The highest BCUT2D eigenvalue weighted by molar-refractivity contribution is 7.11. The molecule has 4 nitrogen and oxygen atoms in total. The second-order valence-corrected chi connectivity index (χ2v) is 5.96. The Morgan fingerprint density at radius 1 is 1.50 bits per heavy atom. The molecule has 1 aromatic carbocycles. The molecule has 0 atom stereocenters. The zero-order valence-corrected chi connectivity index (χ0v) is 12.1. The lowest BCUT2D eigenvalue weighted by atomic mass is 9.99. The van der Waals surface area contributed by atoms with Gasteiger partial charge in [0.25, 0.3) is 0 Å². The van der Waals surface area contributed by atoms with Gasteiger partial charge in [-0.1, -0.05) is 17.7 Å². The van der Waals surface area contributed by atoms with E-state index >= 15 is 0 Å². The predicted octanol–water partition coefficient (Wildman–Crippen LogP) is 3.10.